The molecule has 5 nitrogen and oxygen atoms in total. The van der Waals surface area contributed by atoms with Crippen LogP contribution >= 0.6 is 12.4 Å². The summed E-state index contributed by atoms with van der Waals surface area (Å²) in [5.74, 6) is 0.701. The Kier molecular flexibility index (Phi) is 8.12. The lowest BCUT2D eigenvalue weighted by molar-refractivity contribution is 0.411. The van der Waals surface area contributed by atoms with Gasteiger partial charge in [0.05, 0.1) is 12.0 Å². The summed E-state index contributed by atoms with van der Waals surface area (Å²) >= 11 is 0. The van der Waals surface area contributed by atoms with Crippen LogP contribution < -0.4 is 14.8 Å². The van der Waals surface area contributed by atoms with E-state index in [0.29, 0.717) is 22.8 Å². The minimum absolute atomic E-state index is 0. The summed E-state index contributed by atoms with van der Waals surface area (Å²) in [7, 11) is -0.0381. The summed E-state index contributed by atoms with van der Waals surface area (Å²) in [6.45, 7) is 4.80. The third-order valence-corrected chi connectivity index (χ3v) is 4.48. The summed E-state index contributed by atoms with van der Waals surface area (Å²) in [4.78, 5) is 0.315. The van der Waals surface area contributed by atoms with Gasteiger partial charge in [0.15, 0.2) is 0 Å². The normalized spacial score (nSPS) is 11.0. The first kappa shape index (κ1) is 19.2. The van der Waals surface area contributed by atoms with E-state index in [4.69, 9.17) is 4.74 Å². The summed E-state index contributed by atoms with van der Waals surface area (Å²) in [6.07, 6.45) is 0.754. The molecule has 0 fully saturated rings. The molecule has 7 heteroatoms. The first-order valence-electron chi connectivity index (χ1n) is 6.22. The van der Waals surface area contributed by atoms with E-state index >= 15 is 0 Å². The number of ether oxygens (including phenoxy) is 1. The van der Waals surface area contributed by atoms with E-state index < -0.39 is 10.0 Å². The molecule has 0 aliphatic heterocycles. The highest BCUT2D eigenvalue weighted by molar-refractivity contribution is 7.89. The number of methoxy groups -OCH3 is 1. The maximum absolute atomic E-state index is 12.2. The molecule has 116 valence electrons. The second-order valence-corrected chi connectivity index (χ2v) is 6.18. The molecule has 0 saturated heterocycles. The van der Waals surface area contributed by atoms with Gasteiger partial charge in [-0.25, -0.2) is 13.1 Å². The van der Waals surface area contributed by atoms with Crippen molar-refractivity contribution >= 4 is 22.4 Å². The molecule has 1 rings (SSSR count). The quantitative estimate of drug-likeness (QED) is 0.749. The third kappa shape index (κ3) is 4.94. The minimum Gasteiger partial charge on any atom is -0.496 e. The molecule has 0 heterocycles. The van der Waals surface area contributed by atoms with Crippen LogP contribution in [0.3, 0.4) is 0 Å². The van der Waals surface area contributed by atoms with Gasteiger partial charge in [-0.05, 0) is 57.1 Å². The molecule has 0 aliphatic rings. The van der Waals surface area contributed by atoms with Crippen molar-refractivity contribution in [3.05, 3.63) is 23.3 Å². The van der Waals surface area contributed by atoms with Crippen molar-refractivity contribution in [1.82, 2.24) is 10.0 Å². The molecular formula is C13H23ClN2O3S. The average molecular weight is 323 g/mol. The number of nitrogens with one attached hydrogen (secondary N) is 2. The lowest BCUT2D eigenvalue weighted by Gasteiger charge is -2.12. The summed E-state index contributed by atoms with van der Waals surface area (Å²) < 4.78 is 32.2. The molecular weight excluding hydrogens is 300 g/mol. The van der Waals surface area contributed by atoms with E-state index in [2.05, 4.69) is 10.0 Å². The van der Waals surface area contributed by atoms with Crippen molar-refractivity contribution in [2.24, 2.45) is 0 Å². The maximum Gasteiger partial charge on any atom is 0.240 e. The fraction of sp³-hybridized carbons (Fsp3) is 0.538. The van der Waals surface area contributed by atoms with Crippen molar-refractivity contribution in [3.63, 3.8) is 0 Å². The van der Waals surface area contributed by atoms with E-state index in [-0.39, 0.29) is 12.4 Å². The predicted octanol–water partition coefficient (Wildman–Crippen LogP) is 1.62. The van der Waals surface area contributed by atoms with Crippen LogP contribution in [0.25, 0.3) is 0 Å². The fourth-order valence-electron chi connectivity index (χ4n) is 1.82. The molecule has 20 heavy (non-hydrogen) atoms. The molecule has 0 bridgehead atoms. The lowest BCUT2D eigenvalue weighted by Crippen LogP contribution is -2.27. The van der Waals surface area contributed by atoms with Crippen molar-refractivity contribution in [2.75, 3.05) is 27.2 Å². The van der Waals surface area contributed by atoms with Crippen LogP contribution in [-0.4, -0.2) is 35.7 Å². The highest BCUT2D eigenvalue weighted by Crippen LogP contribution is 2.25. The number of halogens is 1. The largest absolute Gasteiger partial charge is 0.496 e. The molecule has 0 radical (unpaired) electrons. The van der Waals surface area contributed by atoms with Crippen LogP contribution in [0.15, 0.2) is 17.0 Å². The van der Waals surface area contributed by atoms with Crippen molar-refractivity contribution < 1.29 is 13.2 Å². The first-order chi connectivity index (χ1) is 8.92. The number of hydrogen-bond donors (Lipinski definition) is 2. The second-order valence-electron chi connectivity index (χ2n) is 4.44. The minimum atomic E-state index is -3.45. The van der Waals surface area contributed by atoms with Gasteiger partial charge in [-0.3, -0.25) is 0 Å². The number of sulfonamides is 1. The van der Waals surface area contributed by atoms with Gasteiger partial charge in [0, 0.05) is 6.54 Å². The van der Waals surface area contributed by atoms with Crippen molar-refractivity contribution in [3.8, 4) is 5.75 Å². The predicted molar refractivity (Wildman–Crippen MR) is 83.4 cm³/mol. The van der Waals surface area contributed by atoms with Crippen LogP contribution in [-0.2, 0) is 10.0 Å². The third-order valence-electron chi connectivity index (χ3n) is 2.88. The Balaban J connectivity index is 0.00000361. The van der Waals surface area contributed by atoms with Gasteiger partial charge >= 0.3 is 0 Å². The molecule has 0 unspecified atom stereocenters. The highest BCUT2D eigenvalue weighted by atomic mass is 35.5. The molecule has 0 amide bonds. The van der Waals surface area contributed by atoms with Gasteiger partial charge in [0.25, 0.3) is 0 Å². The molecule has 1 aromatic rings. The standard InChI is InChI=1S/C13H22N2O3S.ClH/c1-10-9-13(11(2)8-12(10)18-4)19(16,17)15-7-5-6-14-3;/h8-9,14-15H,5-7H2,1-4H3;1H. The van der Waals surface area contributed by atoms with E-state index in [1.165, 1.54) is 0 Å². The summed E-state index contributed by atoms with van der Waals surface area (Å²) in [5, 5.41) is 2.98. The van der Waals surface area contributed by atoms with Crippen LogP contribution in [0, 0.1) is 13.8 Å². The van der Waals surface area contributed by atoms with Gasteiger partial charge in [-0.15, -0.1) is 12.4 Å². The molecule has 0 aromatic heterocycles. The maximum atomic E-state index is 12.2. The number of benzene rings is 1. The Labute approximate surface area is 127 Å². The zero-order chi connectivity index (χ0) is 14.5. The summed E-state index contributed by atoms with van der Waals surface area (Å²) in [5.41, 5.74) is 1.49. The van der Waals surface area contributed by atoms with E-state index in [0.717, 1.165) is 18.5 Å². The van der Waals surface area contributed by atoms with Crippen LogP contribution in [0.5, 0.6) is 5.75 Å². The SMILES string of the molecule is CNCCCNS(=O)(=O)c1cc(C)c(OC)cc1C.Cl. The number of rotatable bonds is 7. The van der Waals surface area contributed by atoms with Crippen LogP contribution in [0.4, 0.5) is 0 Å². The number of aryl methyl sites for hydroxylation is 2. The van der Waals surface area contributed by atoms with Crippen molar-refractivity contribution in [1.29, 1.82) is 0 Å². The Bertz CT molecular complexity index is 533. The molecule has 0 saturated carbocycles. The first-order valence-corrected chi connectivity index (χ1v) is 7.70. The second kappa shape index (κ2) is 8.46. The Morgan fingerprint density at radius 2 is 1.80 bits per heavy atom. The average Bonchev–Trinajstić information content (AvgIpc) is 2.36. The summed E-state index contributed by atoms with van der Waals surface area (Å²) in [6, 6.07) is 3.39. The number of hydrogen-bond acceptors (Lipinski definition) is 4. The van der Waals surface area contributed by atoms with Gasteiger partial charge in [-0.2, -0.15) is 0 Å². The highest BCUT2D eigenvalue weighted by Gasteiger charge is 2.18. The Morgan fingerprint density at radius 1 is 1.15 bits per heavy atom. The Hall–Kier alpha value is -0.820. The van der Waals surface area contributed by atoms with E-state index in [1.54, 1.807) is 26.2 Å². The van der Waals surface area contributed by atoms with Crippen molar-refractivity contribution in [2.45, 2.75) is 25.2 Å². The van der Waals surface area contributed by atoms with Crippen LogP contribution in [0.1, 0.15) is 17.5 Å². The Morgan fingerprint density at radius 3 is 2.35 bits per heavy atom. The van der Waals surface area contributed by atoms with Crippen LogP contribution in [0.2, 0.25) is 0 Å². The smallest absolute Gasteiger partial charge is 0.240 e. The molecule has 0 spiro atoms. The zero-order valence-electron chi connectivity index (χ0n) is 12.3. The molecule has 1 aromatic carbocycles. The van der Waals surface area contributed by atoms with Gasteiger partial charge < -0.3 is 10.1 Å². The van der Waals surface area contributed by atoms with Gasteiger partial charge in [-0.1, -0.05) is 0 Å². The van der Waals surface area contributed by atoms with E-state index in [9.17, 15) is 8.42 Å². The molecule has 0 aliphatic carbocycles. The molecule has 0 atom stereocenters. The van der Waals surface area contributed by atoms with Gasteiger partial charge in [0.2, 0.25) is 10.0 Å². The zero-order valence-corrected chi connectivity index (χ0v) is 14.0. The topological polar surface area (TPSA) is 67.4 Å². The van der Waals surface area contributed by atoms with Gasteiger partial charge in [0.1, 0.15) is 5.75 Å². The lowest BCUT2D eigenvalue weighted by atomic mass is 10.1. The molecule has 2 N–H and O–H groups in total. The van der Waals surface area contributed by atoms with E-state index in [1.807, 2.05) is 14.0 Å². The monoisotopic (exact) mass is 322 g/mol. The fourth-order valence-corrected chi connectivity index (χ4v) is 3.21.